The predicted molar refractivity (Wildman–Crippen MR) is 50.9 cm³/mol. The molecule has 1 aromatic rings. The Labute approximate surface area is 87.9 Å². The summed E-state index contributed by atoms with van der Waals surface area (Å²) in [4.78, 5) is 11.1. The van der Waals surface area contributed by atoms with E-state index in [1.807, 2.05) is 0 Å². The Morgan fingerprint density at radius 3 is 2.79 bits per heavy atom. The number of hydrogen-bond donors (Lipinski definition) is 1. The minimum atomic E-state index is -1.05. The first-order valence-corrected chi connectivity index (χ1v) is 4.74. The van der Waals surface area contributed by atoms with E-state index in [1.54, 1.807) is 6.07 Å². The molecule has 0 fully saturated rings. The maximum atomic E-state index is 13.2. The summed E-state index contributed by atoms with van der Waals surface area (Å²) in [5, 5.41) is 17.6. The van der Waals surface area contributed by atoms with Crippen molar-refractivity contribution in [3.05, 3.63) is 29.1 Å². The lowest BCUT2D eigenvalue weighted by Gasteiger charge is -2.02. The molecule has 0 aliphatic rings. The second kappa shape index (κ2) is 4.20. The van der Waals surface area contributed by atoms with Crippen LogP contribution in [0.15, 0.2) is 12.1 Å². The summed E-state index contributed by atoms with van der Waals surface area (Å²) in [5.41, 5.74) is -0.410. The van der Waals surface area contributed by atoms with Crippen molar-refractivity contribution in [3.63, 3.8) is 0 Å². The van der Waals surface area contributed by atoms with Crippen LogP contribution in [-0.4, -0.2) is 16.2 Å². The molecule has 0 unspecified atom stereocenters. The number of phenolic OH excluding ortho intramolecular Hbond substituents is 1. The van der Waals surface area contributed by atoms with Crippen LogP contribution in [0.1, 0.15) is 15.9 Å². The van der Waals surface area contributed by atoms with E-state index in [9.17, 15) is 9.18 Å². The van der Waals surface area contributed by atoms with Gasteiger partial charge in [-0.05, 0) is 12.1 Å². The van der Waals surface area contributed by atoms with Gasteiger partial charge in [-0.15, -0.1) is 0 Å². The average molecular weight is 258 g/mol. The molecule has 14 heavy (non-hydrogen) atoms. The second-order valence-electron chi connectivity index (χ2n) is 2.49. The molecular weight excluding hydrogens is 253 g/mol. The van der Waals surface area contributed by atoms with Crippen molar-refractivity contribution in [1.29, 1.82) is 5.26 Å². The molecule has 0 amide bonds. The monoisotopic (exact) mass is 257 g/mol. The third-order valence-electron chi connectivity index (χ3n) is 1.66. The van der Waals surface area contributed by atoms with E-state index in [1.165, 1.54) is 12.1 Å². The lowest BCUT2D eigenvalue weighted by Crippen LogP contribution is -2.04. The number of rotatable bonds is 2. The van der Waals surface area contributed by atoms with E-state index in [2.05, 4.69) is 15.9 Å². The number of ketones is 1. The molecule has 5 heteroatoms. The number of Topliss-reactive ketones (excluding diaryl/α,β-unsaturated/α-hetero) is 1. The van der Waals surface area contributed by atoms with E-state index in [4.69, 9.17) is 10.4 Å². The normalized spacial score (nSPS) is 9.50. The minimum absolute atomic E-state index is 0.0325. The first kappa shape index (κ1) is 10.7. The fourth-order valence-electron chi connectivity index (χ4n) is 0.942. The lowest BCUT2D eigenvalue weighted by atomic mass is 10.1. The van der Waals surface area contributed by atoms with Crippen LogP contribution in [0.5, 0.6) is 5.75 Å². The van der Waals surface area contributed by atoms with Crippen molar-refractivity contribution < 1.29 is 14.3 Å². The Balaban J connectivity index is 3.33. The molecule has 0 aromatic heterocycles. The summed E-state index contributed by atoms with van der Waals surface area (Å²) in [6.07, 6.45) is 0. The van der Waals surface area contributed by atoms with Gasteiger partial charge >= 0.3 is 0 Å². The van der Waals surface area contributed by atoms with Gasteiger partial charge in [0.2, 0.25) is 0 Å². The summed E-state index contributed by atoms with van der Waals surface area (Å²) in [6, 6.07) is 3.99. The molecule has 0 bridgehead atoms. The quantitative estimate of drug-likeness (QED) is 0.651. The van der Waals surface area contributed by atoms with Crippen LogP contribution in [0.4, 0.5) is 4.39 Å². The highest BCUT2D eigenvalue weighted by Crippen LogP contribution is 2.24. The van der Waals surface area contributed by atoms with Gasteiger partial charge in [-0.2, -0.15) is 5.26 Å². The molecule has 3 nitrogen and oxygen atoms in total. The van der Waals surface area contributed by atoms with Gasteiger partial charge in [-0.1, -0.05) is 15.9 Å². The number of nitrogens with zero attached hydrogens (tertiary/aromatic N) is 1. The zero-order chi connectivity index (χ0) is 10.7. The molecule has 0 spiro atoms. The molecule has 1 aromatic carbocycles. The van der Waals surface area contributed by atoms with E-state index >= 15 is 0 Å². The first-order chi connectivity index (χ1) is 6.61. The van der Waals surface area contributed by atoms with Crippen LogP contribution in [0.25, 0.3) is 0 Å². The van der Waals surface area contributed by atoms with Gasteiger partial charge in [0.1, 0.15) is 6.07 Å². The van der Waals surface area contributed by atoms with Gasteiger partial charge < -0.3 is 5.11 Å². The van der Waals surface area contributed by atoms with Gasteiger partial charge in [-0.3, -0.25) is 4.79 Å². The smallest absolute Gasteiger partial charge is 0.177 e. The standard InChI is InChI=1S/C9H5BrFNO2/c10-3-7(13)6-2-1-5(4-12)9(14)8(6)11/h1-2,14H,3H2. The first-order valence-electron chi connectivity index (χ1n) is 3.62. The molecule has 0 saturated heterocycles. The molecule has 1 rings (SSSR count). The number of carbonyl (C=O) groups is 1. The Morgan fingerprint density at radius 2 is 2.29 bits per heavy atom. The summed E-state index contributed by atoms with van der Waals surface area (Å²) < 4.78 is 13.2. The highest BCUT2D eigenvalue weighted by molar-refractivity contribution is 9.09. The van der Waals surface area contributed by atoms with Crippen LogP contribution >= 0.6 is 15.9 Å². The second-order valence-corrected chi connectivity index (χ2v) is 3.05. The summed E-state index contributed by atoms with van der Waals surface area (Å²) in [7, 11) is 0. The number of carbonyl (C=O) groups excluding carboxylic acids is 1. The number of hydrogen-bond acceptors (Lipinski definition) is 3. The highest BCUT2D eigenvalue weighted by Gasteiger charge is 2.16. The largest absolute Gasteiger partial charge is 0.504 e. The van der Waals surface area contributed by atoms with E-state index < -0.39 is 17.3 Å². The topological polar surface area (TPSA) is 61.1 Å². The molecule has 72 valence electrons. The Bertz CT molecular complexity index is 426. The SMILES string of the molecule is N#Cc1ccc(C(=O)CBr)c(F)c1O. The number of aromatic hydroxyl groups is 1. The van der Waals surface area contributed by atoms with Gasteiger partial charge in [0, 0.05) is 0 Å². The lowest BCUT2D eigenvalue weighted by molar-refractivity contribution is 0.101. The van der Waals surface area contributed by atoms with E-state index in [-0.39, 0.29) is 16.5 Å². The Morgan fingerprint density at radius 1 is 1.64 bits per heavy atom. The van der Waals surface area contributed by atoms with Crippen molar-refractivity contribution in [1.82, 2.24) is 0 Å². The average Bonchev–Trinajstić information content (AvgIpc) is 2.21. The van der Waals surface area contributed by atoms with Crippen LogP contribution in [0, 0.1) is 17.1 Å². The van der Waals surface area contributed by atoms with E-state index in [0.29, 0.717) is 0 Å². The van der Waals surface area contributed by atoms with Crippen molar-refractivity contribution in [2.24, 2.45) is 0 Å². The number of benzene rings is 1. The molecule has 1 N–H and O–H groups in total. The molecule has 0 heterocycles. The molecule has 0 radical (unpaired) electrons. The van der Waals surface area contributed by atoms with Crippen LogP contribution in [0.2, 0.25) is 0 Å². The molecular formula is C9H5BrFNO2. The fourth-order valence-corrected chi connectivity index (χ4v) is 1.24. The molecule has 0 atom stereocenters. The number of nitriles is 1. The zero-order valence-corrected chi connectivity index (χ0v) is 8.51. The van der Waals surface area contributed by atoms with Gasteiger partial charge in [0.25, 0.3) is 0 Å². The summed E-state index contributed by atoms with van der Waals surface area (Å²) in [6.45, 7) is 0. The Hall–Kier alpha value is -1.41. The highest BCUT2D eigenvalue weighted by atomic mass is 79.9. The van der Waals surface area contributed by atoms with Crippen molar-refractivity contribution >= 4 is 21.7 Å². The third kappa shape index (κ3) is 1.75. The fraction of sp³-hybridized carbons (Fsp3) is 0.111. The van der Waals surface area contributed by atoms with Gasteiger partial charge in [0.15, 0.2) is 17.3 Å². The predicted octanol–water partition coefficient (Wildman–Crippen LogP) is 1.98. The molecule has 0 aliphatic carbocycles. The van der Waals surface area contributed by atoms with Gasteiger partial charge in [-0.25, -0.2) is 4.39 Å². The molecule has 0 aliphatic heterocycles. The summed E-state index contributed by atoms with van der Waals surface area (Å²) in [5.74, 6) is -2.31. The Kier molecular flexibility index (Phi) is 3.20. The maximum absolute atomic E-state index is 13.2. The maximum Gasteiger partial charge on any atom is 0.177 e. The van der Waals surface area contributed by atoms with E-state index in [0.717, 1.165) is 0 Å². The number of halogens is 2. The minimum Gasteiger partial charge on any atom is -0.504 e. The number of alkyl halides is 1. The number of phenols is 1. The third-order valence-corrected chi connectivity index (χ3v) is 2.17. The van der Waals surface area contributed by atoms with Crippen LogP contribution in [0.3, 0.4) is 0 Å². The van der Waals surface area contributed by atoms with Crippen LogP contribution in [-0.2, 0) is 0 Å². The van der Waals surface area contributed by atoms with Crippen molar-refractivity contribution in [2.45, 2.75) is 0 Å². The molecule has 0 saturated carbocycles. The van der Waals surface area contributed by atoms with Crippen molar-refractivity contribution in [2.75, 3.05) is 5.33 Å². The summed E-state index contributed by atoms with van der Waals surface area (Å²) >= 11 is 2.88. The van der Waals surface area contributed by atoms with Gasteiger partial charge in [0.05, 0.1) is 16.5 Å². The van der Waals surface area contributed by atoms with Crippen LogP contribution < -0.4 is 0 Å². The zero-order valence-electron chi connectivity index (χ0n) is 6.92. The van der Waals surface area contributed by atoms with Crippen molar-refractivity contribution in [3.8, 4) is 11.8 Å².